The molecule has 0 amide bonds. The Morgan fingerprint density at radius 3 is 2.53 bits per heavy atom. The minimum absolute atomic E-state index is 0.712. The van der Waals surface area contributed by atoms with Gasteiger partial charge in [-0.05, 0) is 28.9 Å². The van der Waals surface area contributed by atoms with E-state index in [0.717, 1.165) is 10.9 Å². The van der Waals surface area contributed by atoms with Crippen molar-refractivity contribution in [3.63, 3.8) is 0 Å². The van der Waals surface area contributed by atoms with E-state index in [1.165, 1.54) is 5.32 Å². The molecule has 2 rings (SSSR count). The van der Waals surface area contributed by atoms with Crippen molar-refractivity contribution in [1.29, 1.82) is 0 Å². The molecule has 0 aliphatic rings. The predicted octanol–water partition coefficient (Wildman–Crippen LogP) is 3.26. The van der Waals surface area contributed by atoms with Gasteiger partial charge in [-0.15, -0.1) is 0 Å². The first-order valence-corrected chi connectivity index (χ1v) is 8.51. The molecule has 76 valence electrons. The highest BCUT2D eigenvalue weighted by atomic mass is 28.3. The Morgan fingerprint density at radius 2 is 1.93 bits per heavy atom. The summed E-state index contributed by atoms with van der Waals surface area (Å²) in [5.74, 6) is 0. The van der Waals surface area contributed by atoms with E-state index in [-0.39, 0.29) is 0 Å². The van der Waals surface area contributed by atoms with Crippen LogP contribution in [-0.4, -0.2) is 13.1 Å². The fourth-order valence-corrected chi connectivity index (χ4v) is 2.69. The average Bonchev–Trinajstić information content (AvgIpc) is 2.59. The van der Waals surface area contributed by atoms with Crippen LogP contribution in [0, 0.1) is 6.57 Å². The molecule has 3 heteroatoms. The van der Waals surface area contributed by atoms with Crippen LogP contribution in [0.3, 0.4) is 0 Å². The van der Waals surface area contributed by atoms with Crippen molar-refractivity contribution in [2.75, 3.05) is 0 Å². The van der Waals surface area contributed by atoms with E-state index in [1.54, 1.807) is 0 Å². The molecular formula is C12H14N2Si. The van der Waals surface area contributed by atoms with Gasteiger partial charge in [-0.1, -0.05) is 25.7 Å². The number of nitrogens with zero attached hydrogens (tertiary/aromatic N) is 1. The van der Waals surface area contributed by atoms with Crippen LogP contribution in [0.1, 0.15) is 0 Å². The number of H-pyrrole nitrogens is 1. The highest BCUT2D eigenvalue weighted by Crippen LogP contribution is 2.20. The van der Waals surface area contributed by atoms with Crippen LogP contribution in [-0.2, 0) is 0 Å². The van der Waals surface area contributed by atoms with Crippen molar-refractivity contribution in [3.8, 4) is 0 Å². The molecule has 0 atom stereocenters. The summed E-state index contributed by atoms with van der Waals surface area (Å²) in [5.41, 5.74) is 1.85. The van der Waals surface area contributed by atoms with Crippen LogP contribution in [0.5, 0.6) is 0 Å². The Kier molecular flexibility index (Phi) is 2.17. The van der Waals surface area contributed by atoms with Gasteiger partial charge in [-0.3, -0.25) is 0 Å². The summed E-state index contributed by atoms with van der Waals surface area (Å²) in [6, 6.07) is 7.99. The number of nitrogens with one attached hydrogen (secondary N) is 1. The van der Waals surface area contributed by atoms with E-state index >= 15 is 0 Å². The van der Waals surface area contributed by atoms with E-state index in [4.69, 9.17) is 6.57 Å². The second-order valence-corrected chi connectivity index (χ2v) is 9.86. The van der Waals surface area contributed by atoms with E-state index in [9.17, 15) is 0 Å². The summed E-state index contributed by atoms with van der Waals surface area (Å²) in [6.07, 6.45) is 0. The maximum atomic E-state index is 6.97. The molecule has 0 spiro atoms. The zero-order valence-electron chi connectivity index (χ0n) is 9.26. The number of rotatable bonds is 1. The van der Waals surface area contributed by atoms with Gasteiger partial charge in [0.1, 0.15) is 0 Å². The lowest BCUT2D eigenvalue weighted by Gasteiger charge is -2.12. The first kappa shape index (κ1) is 10.0. The second kappa shape index (κ2) is 3.25. The molecule has 0 fully saturated rings. The zero-order chi connectivity index (χ0) is 11.1. The Bertz CT molecular complexity index is 541. The molecule has 0 saturated heterocycles. The largest absolute Gasteiger partial charge is 0.362 e. The minimum atomic E-state index is -1.28. The SMILES string of the molecule is [C-]#[N+]c1ccc2[nH]c([Si](C)(C)C)cc2c1. The van der Waals surface area contributed by atoms with Gasteiger partial charge in [-0.25, -0.2) is 4.85 Å². The minimum Gasteiger partial charge on any atom is -0.362 e. The lowest BCUT2D eigenvalue weighted by atomic mass is 10.2. The van der Waals surface area contributed by atoms with Crippen molar-refractivity contribution >= 4 is 30.0 Å². The van der Waals surface area contributed by atoms with Gasteiger partial charge in [0, 0.05) is 5.52 Å². The number of hydrogen-bond acceptors (Lipinski definition) is 0. The van der Waals surface area contributed by atoms with E-state index in [0.29, 0.717) is 5.69 Å². The number of benzene rings is 1. The van der Waals surface area contributed by atoms with Gasteiger partial charge >= 0.3 is 0 Å². The summed E-state index contributed by atoms with van der Waals surface area (Å²) in [4.78, 5) is 6.89. The summed E-state index contributed by atoms with van der Waals surface area (Å²) >= 11 is 0. The van der Waals surface area contributed by atoms with Gasteiger partial charge in [0.15, 0.2) is 5.69 Å². The van der Waals surface area contributed by atoms with Gasteiger partial charge in [0.25, 0.3) is 0 Å². The molecule has 0 unspecified atom stereocenters. The van der Waals surface area contributed by atoms with Crippen molar-refractivity contribution < 1.29 is 0 Å². The van der Waals surface area contributed by atoms with Crippen molar-refractivity contribution in [1.82, 2.24) is 4.98 Å². The predicted molar refractivity (Wildman–Crippen MR) is 67.5 cm³/mol. The molecule has 1 heterocycles. The summed E-state index contributed by atoms with van der Waals surface area (Å²) in [6.45, 7) is 13.9. The number of fused-ring (bicyclic) bond motifs is 1. The Hall–Kier alpha value is -1.53. The third-order valence-corrected chi connectivity index (χ3v) is 4.43. The molecule has 0 aliphatic heterocycles. The lowest BCUT2D eigenvalue weighted by molar-refractivity contribution is 1.50. The Labute approximate surface area is 90.8 Å². The maximum Gasteiger partial charge on any atom is 0.187 e. The quantitative estimate of drug-likeness (QED) is 0.555. The first-order chi connectivity index (χ1) is 7.00. The Morgan fingerprint density at radius 1 is 1.20 bits per heavy atom. The third-order valence-electron chi connectivity index (χ3n) is 2.54. The molecule has 15 heavy (non-hydrogen) atoms. The third kappa shape index (κ3) is 1.81. The number of hydrogen-bond donors (Lipinski definition) is 1. The van der Waals surface area contributed by atoms with Crippen molar-refractivity contribution in [2.45, 2.75) is 19.6 Å². The molecule has 1 aromatic carbocycles. The van der Waals surface area contributed by atoms with Crippen LogP contribution in [0.2, 0.25) is 19.6 Å². The first-order valence-electron chi connectivity index (χ1n) is 5.01. The molecule has 0 bridgehead atoms. The monoisotopic (exact) mass is 214 g/mol. The highest BCUT2D eigenvalue weighted by Gasteiger charge is 2.18. The Balaban J connectivity index is 2.62. The van der Waals surface area contributed by atoms with E-state index in [1.807, 2.05) is 18.2 Å². The topological polar surface area (TPSA) is 20.1 Å². The number of aromatic nitrogens is 1. The summed E-state index contributed by atoms with van der Waals surface area (Å²) in [7, 11) is -1.28. The van der Waals surface area contributed by atoms with E-state index < -0.39 is 8.07 Å². The van der Waals surface area contributed by atoms with Gasteiger partial charge in [-0.2, -0.15) is 0 Å². The smallest absolute Gasteiger partial charge is 0.187 e. The van der Waals surface area contributed by atoms with Gasteiger partial charge in [0.05, 0.1) is 14.6 Å². The van der Waals surface area contributed by atoms with E-state index in [2.05, 4.69) is 35.5 Å². The molecule has 1 N–H and O–H groups in total. The molecule has 1 aromatic heterocycles. The van der Waals surface area contributed by atoms with Gasteiger partial charge in [0.2, 0.25) is 0 Å². The van der Waals surface area contributed by atoms with Crippen LogP contribution >= 0.6 is 0 Å². The molecular weight excluding hydrogens is 200 g/mol. The van der Waals surface area contributed by atoms with Crippen LogP contribution in [0.15, 0.2) is 24.3 Å². The second-order valence-electron chi connectivity index (χ2n) is 4.82. The fraction of sp³-hybridized carbons (Fsp3) is 0.250. The maximum absolute atomic E-state index is 6.97. The van der Waals surface area contributed by atoms with Crippen LogP contribution in [0.25, 0.3) is 15.7 Å². The lowest BCUT2D eigenvalue weighted by Crippen LogP contribution is -2.38. The molecule has 0 saturated carbocycles. The molecule has 2 nitrogen and oxygen atoms in total. The van der Waals surface area contributed by atoms with Crippen LogP contribution in [0.4, 0.5) is 5.69 Å². The normalized spacial score (nSPS) is 11.6. The fourth-order valence-electron chi connectivity index (χ4n) is 1.59. The molecule has 0 radical (unpaired) electrons. The number of aromatic amines is 1. The summed E-state index contributed by atoms with van der Waals surface area (Å²) in [5, 5.41) is 2.50. The standard InChI is InChI=1S/C12H14N2Si/c1-13-10-5-6-11-9(7-10)8-12(14-11)15(2,3)4/h5-8,14H,2-4H3. The highest BCUT2D eigenvalue weighted by molar-refractivity contribution is 6.88. The molecule has 0 aliphatic carbocycles. The van der Waals surface area contributed by atoms with Crippen LogP contribution < -0.4 is 5.32 Å². The van der Waals surface area contributed by atoms with Crippen molar-refractivity contribution in [2.24, 2.45) is 0 Å². The van der Waals surface area contributed by atoms with Gasteiger partial charge < -0.3 is 4.98 Å². The zero-order valence-corrected chi connectivity index (χ0v) is 10.3. The van der Waals surface area contributed by atoms with Crippen molar-refractivity contribution in [3.05, 3.63) is 35.7 Å². The molecule has 2 aromatic rings. The average molecular weight is 214 g/mol. The summed E-state index contributed by atoms with van der Waals surface area (Å²) < 4.78 is 0.